The maximum absolute atomic E-state index is 12.6. The first-order valence-electron chi connectivity index (χ1n) is 9.14. The van der Waals surface area contributed by atoms with Gasteiger partial charge >= 0.3 is 0 Å². The van der Waals surface area contributed by atoms with E-state index in [4.69, 9.17) is 0 Å². The summed E-state index contributed by atoms with van der Waals surface area (Å²) in [6.45, 7) is 2.71. The molecule has 0 spiro atoms. The van der Waals surface area contributed by atoms with Crippen molar-refractivity contribution in [3.8, 4) is 11.3 Å². The Labute approximate surface area is 169 Å². The molecule has 1 aliphatic rings. The average Bonchev–Trinajstić information content (AvgIpc) is 3.43. The van der Waals surface area contributed by atoms with Gasteiger partial charge in [0.05, 0.1) is 17.6 Å². The smallest absolute Gasteiger partial charge is 0.257 e. The summed E-state index contributed by atoms with van der Waals surface area (Å²) >= 11 is 1.35. The van der Waals surface area contributed by atoms with Gasteiger partial charge in [-0.25, -0.2) is 9.67 Å². The van der Waals surface area contributed by atoms with Gasteiger partial charge in [-0.05, 0) is 42.8 Å². The molecule has 2 aromatic carbocycles. The Bertz CT molecular complexity index is 1280. The van der Waals surface area contributed by atoms with Crippen LogP contribution in [0.2, 0.25) is 0 Å². The molecule has 0 saturated heterocycles. The third kappa shape index (κ3) is 3.15. The number of aryl methyl sites for hydroxylation is 1. The van der Waals surface area contributed by atoms with Crippen LogP contribution in [0.4, 0.5) is 10.8 Å². The zero-order valence-electron chi connectivity index (χ0n) is 15.5. The minimum Gasteiger partial charge on any atom is -0.326 e. The molecule has 4 aromatic rings. The molecule has 5 rings (SSSR count). The molecule has 0 bridgehead atoms. The molecule has 1 aliphatic heterocycles. The average molecular weight is 404 g/mol. The molecule has 0 atom stereocenters. The highest BCUT2D eigenvalue weighted by Crippen LogP contribution is 2.31. The van der Waals surface area contributed by atoms with Crippen molar-refractivity contribution in [1.29, 1.82) is 0 Å². The minimum atomic E-state index is -0.248. The zero-order valence-corrected chi connectivity index (χ0v) is 16.3. The third-order valence-electron chi connectivity index (χ3n) is 4.83. The Morgan fingerprint density at radius 2 is 2.17 bits per heavy atom. The van der Waals surface area contributed by atoms with E-state index in [1.807, 2.05) is 36.6 Å². The highest BCUT2D eigenvalue weighted by Gasteiger charge is 2.19. The minimum absolute atomic E-state index is 0.000631. The van der Waals surface area contributed by atoms with Crippen LogP contribution >= 0.6 is 11.3 Å². The predicted molar refractivity (Wildman–Crippen MR) is 111 cm³/mol. The lowest BCUT2D eigenvalue weighted by Crippen LogP contribution is -2.11. The quantitative estimate of drug-likeness (QED) is 0.543. The van der Waals surface area contributed by atoms with E-state index in [-0.39, 0.29) is 11.8 Å². The number of fused-ring (bicyclic) bond motifs is 2. The predicted octanol–water partition coefficient (Wildman–Crippen LogP) is 3.32. The number of benzene rings is 2. The van der Waals surface area contributed by atoms with E-state index >= 15 is 0 Å². The van der Waals surface area contributed by atoms with Gasteiger partial charge in [0.1, 0.15) is 5.52 Å². The number of carbonyl (C=O) groups excluding carboxylic acids is 2. The van der Waals surface area contributed by atoms with Gasteiger partial charge in [0.15, 0.2) is 5.13 Å². The summed E-state index contributed by atoms with van der Waals surface area (Å²) in [6.07, 6.45) is 0.377. The maximum Gasteiger partial charge on any atom is 0.257 e. The van der Waals surface area contributed by atoms with E-state index in [9.17, 15) is 9.59 Å². The molecule has 0 fully saturated rings. The molecular weight excluding hydrogens is 388 g/mol. The van der Waals surface area contributed by atoms with Gasteiger partial charge in [-0.3, -0.25) is 14.9 Å². The number of rotatable bonds is 4. The van der Waals surface area contributed by atoms with E-state index < -0.39 is 0 Å². The number of anilines is 2. The molecule has 0 radical (unpaired) electrons. The van der Waals surface area contributed by atoms with Crippen molar-refractivity contribution in [2.24, 2.45) is 0 Å². The summed E-state index contributed by atoms with van der Waals surface area (Å²) < 4.78 is 1.78. The second kappa shape index (κ2) is 6.78. The van der Waals surface area contributed by atoms with Gasteiger partial charge < -0.3 is 5.32 Å². The molecule has 2 N–H and O–H groups in total. The molecule has 2 aromatic heterocycles. The highest BCUT2D eigenvalue weighted by atomic mass is 32.1. The molecule has 144 valence electrons. The summed E-state index contributed by atoms with van der Waals surface area (Å²) in [7, 11) is 0. The normalized spacial score (nSPS) is 12.8. The maximum atomic E-state index is 12.6. The van der Waals surface area contributed by atoms with Gasteiger partial charge in [-0.15, -0.1) is 16.4 Å². The fraction of sp³-hybridized carbons (Fsp3) is 0.150. The molecule has 29 heavy (non-hydrogen) atoms. The molecule has 2 amide bonds. The molecule has 0 saturated carbocycles. The van der Waals surface area contributed by atoms with E-state index in [1.54, 1.807) is 16.8 Å². The van der Waals surface area contributed by atoms with E-state index in [2.05, 4.69) is 25.9 Å². The van der Waals surface area contributed by atoms with Crippen LogP contribution in [-0.2, 0) is 17.8 Å². The molecule has 9 heteroatoms. The lowest BCUT2D eigenvalue weighted by Gasteiger charge is -2.03. The van der Waals surface area contributed by atoms with Gasteiger partial charge in [0.2, 0.25) is 5.91 Å². The number of nitrogens with zero attached hydrogens (tertiary/aromatic N) is 4. The zero-order chi connectivity index (χ0) is 20.0. The number of carbonyl (C=O) groups is 2. The third-order valence-corrected chi connectivity index (χ3v) is 5.58. The van der Waals surface area contributed by atoms with Crippen LogP contribution in [0.25, 0.3) is 22.3 Å². The SMILES string of the molecule is CCn1nnc2cc(C(=O)Nc3nc(-c4ccc5c(c4)CC(=O)N5)cs3)ccc21. The summed E-state index contributed by atoms with van der Waals surface area (Å²) in [5, 5.41) is 16.2. The van der Waals surface area contributed by atoms with Crippen LogP contribution < -0.4 is 10.6 Å². The van der Waals surface area contributed by atoms with E-state index in [0.717, 1.165) is 34.6 Å². The van der Waals surface area contributed by atoms with Gasteiger partial charge in [0.25, 0.3) is 5.91 Å². The topological polar surface area (TPSA) is 102 Å². The summed E-state index contributed by atoms with van der Waals surface area (Å²) in [6, 6.07) is 11.1. The lowest BCUT2D eigenvalue weighted by molar-refractivity contribution is -0.115. The number of nitrogens with one attached hydrogen (secondary N) is 2. The fourth-order valence-electron chi connectivity index (χ4n) is 3.37. The largest absolute Gasteiger partial charge is 0.326 e. The number of aromatic nitrogens is 4. The first kappa shape index (κ1) is 17.5. The van der Waals surface area contributed by atoms with E-state index in [1.165, 1.54) is 11.3 Å². The molecular formula is C20H16N6O2S. The summed E-state index contributed by atoms with van der Waals surface area (Å²) in [5.74, 6) is -0.248. The van der Waals surface area contributed by atoms with Crippen molar-refractivity contribution >= 4 is 45.0 Å². The number of hydrogen-bond acceptors (Lipinski definition) is 6. The second-order valence-electron chi connectivity index (χ2n) is 6.70. The Hall–Kier alpha value is -3.59. The van der Waals surface area contributed by atoms with Gasteiger partial charge in [-0.2, -0.15) is 0 Å². The van der Waals surface area contributed by atoms with Crippen LogP contribution in [0.1, 0.15) is 22.8 Å². The van der Waals surface area contributed by atoms with Crippen LogP contribution in [0.5, 0.6) is 0 Å². The Balaban J connectivity index is 1.35. The Morgan fingerprint density at radius 3 is 3.03 bits per heavy atom. The van der Waals surface area contributed by atoms with Gasteiger partial charge in [0, 0.05) is 28.7 Å². The first-order chi connectivity index (χ1) is 14.1. The van der Waals surface area contributed by atoms with Crippen molar-refractivity contribution in [2.75, 3.05) is 10.6 Å². The monoisotopic (exact) mass is 404 g/mol. The van der Waals surface area contributed by atoms with Crippen molar-refractivity contribution in [3.63, 3.8) is 0 Å². The van der Waals surface area contributed by atoms with Crippen molar-refractivity contribution < 1.29 is 9.59 Å². The van der Waals surface area contributed by atoms with Crippen molar-refractivity contribution in [1.82, 2.24) is 20.0 Å². The second-order valence-corrected chi connectivity index (χ2v) is 7.56. The summed E-state index contributed by atoms with van der Waals surface area (Å²) in [4.78, 5) is 28.7. The van der Waals surface area contributed by atoms with Crippen LogP contribution in [-0.4, -0.2) is 31.8 Å². The van der Waals surface area contributed by atoms with Crippen LogP contribution in [0.15, 0.2) is 41.8 Å². The molecule has 8 nitrogen and oxygen atoms in total. The fourth-order valence-corrected chi connectivity index (χ4v) is 4.08. The molecule has 3 heterocycles. The van der Waals surface area contributed by atoms with E-state index in [0.29, 0.717) is 22.6 Å². The van der Waals surface area contributed by atoms with Crippen LogP contribution in [0, 0.1) is 0 Å². The molecule has 0 unspecified atom stereocenters. The Morgan fingerprint density at radius 1 is 1.28 bits per heavy atom. The van der Waals surface area contributed by atoms with Crippen LogP contribution in [0.3, 0.4) is 0 Å². The van der Waals surface area contributed by atoms with Gasteiger partial charge in [-0.1, -0.05) is 11.3 Å². The standard InChI is InChI=1S/C20H16N6O2S/c1-2-26-17-6-4-12(8-15(17)24-25-26)19(28)23-20-22-16(10-29-20)11-3-5-14-13(7-11)9-18(27)21-14/h3-8,10H,2,9H2,1H3,(H,21,27)(H,22,23,28). The number of hydrogen-bond donors (Lipinski definition) is 2. The first-order valence-corrected chi connectivity index (χ1v) is 10.0. The number of amides is 2. The lowest BCUT2D eigenvalue weighted by atomic mass is 10.1. The number of thiazole rings is 1. The van der Waals surface area contributed by atoms with Crippen molar-refractivity contribution in [2.45, 2.75) is 19.9 Å². The summed E-state index contributed by atoms with van der Waals surface area (Å²) in [5.41, 5.74) is 5.55. The highest BCUT2D eigenvalue weighted by molar-refractivity contribution is 7.14. The Kier molecular flexibility index (Phi) is 4.09. The molecule has 0 aliphatic carbocycles. The van der Waals surface area contributed by atoms with Crippen molar-refractivity contribution in [3.05, 3.63) is 52.9 Å².